The van der Waals surface area contributed by atoms with Crippen LogP contribution in [0.15, 0.2) is 36.5 Å². The van der Waals surface area contributed by atoms with Crippen molar-refractivity contribution < 1.29 is 0 Å². The van der Waals surface area contributed by atoms with Crippen LogP contribution in [0.2, 0.25) is 0 Å². The summed E-state index contributed by atoms with van der Waals surface area (Å²) in [7, 11) is 1.82. The molecule has 7 nitrogen and oxygen atoms in total. The molecule has 92 valence electrons. The minimum absolute atomic E-state index is 0.447. The Morgan fingerprint density at radius 1 is 1.21 bits per heavy atom. The van der Waals surface area contributed by atoms with Crippen molar-refractivity contribution in [3.8, 4) is 23.3 Å². The zero-order chi connectivity index (χ0) is 13.2. The SMILES string of the molecule is Cn1ccc(-c2nnn(-c3cccc(C#N)c3)n2)n1. The lowest BCUT2D eigenvalue weighted by atomic mass is 10.2. The van der Waals surface area contributed by atoms with Crippen LogP contribution < -0.4 is 0 Å². The highest BCUT2D eigenvalue weighted by atomic mass is 15.6. The van der Waals surface area contributed by atoms with E-state index in [-0.39, 0.29) is 0 Å². The number of aromatic nitrogens is 6. The van der Waals surface area contributed by atoms with E-state index in [2.05, 4.69) is 26.6 Å². The van der Waals surface area contributed by atoms with Gasteiger partial charge in [0.25, 0.3) is 0 Å². The topological polar surface area (TPSA) is 85.2 Å². The Kier molecular flexibility index (Phi) is 2.54. The Morgan fingerprint density at radius 2 is 2.11 bits per heavy atom. The number of nitrogens with zero attached hydrogens (tertiary/aromatic N) is 7. The van der Waals surface area contributed by atoms with Crippen LogP contribution in [0.5, 0.6) is 0 Å². The standard InChI is InChI=1S/C12H9N7/c1-18-6-5-11(15-18)12-14-17-19(16-12)10-4-2-3-9(7-10)8-13/h2-7H,1H3. The fourth-order valence-electron chi connectivity index (χ4n) is 1.66. The third-order valence-electron chi connectivity index (χ3n) is 2.56. The van der Waals surface area contributed by atoms with Gasteiger partial charge in [0.2, 0.25) is 5.82 Å². The molecule has 2 aromatic heterocycles. The van der Waals surface area contributed by atoms with E-state index in [1.165, 1.54) is 4.80 Å². The molecule has 0 bridgehead atoms. The van der Waals surface area contributed by atoms with Crippen molar-refractivity contribution in [1.29, 1.82) is 5.26 Å². The Morgan fingerprint density at radius 3 is 2.84 bits per heavy atom. The summed E-state index contributed by atoms with van der Waals surface area (Å²) in [4.78, 5) is 1.38. The highest BCUT2D eigenvalue weighted by Crippen LogP contribution is 2.12. The molecule has 0 atom stereocenters. The molecule has 0 saturated heterocycles. The molecule has 0 aliphatic rings. The Balaban J connectivity index is 1.99. The highest BCUT2D eigenvalue weighted by molar-refractivity contribution is 5.47. The van der Waals surface area contributed by atoms with E-state index in [0.29, 0.717) is 22.8 Å². The second-order valence-corrected chi connectivity index (χ2v) is 3.94. The predicted molar refractivity (Wildman–Crippen MR) is 66.1 cm³/mol. The summed E-state index contributed by atoms with van der Waals surface area (Å²) in [6.45, 7) is 0. The molecule has 0 saturated carbocycles. The molecule has 0 aliphatic heterocycles. The largest absolute Gasteiger partial charge is 0.275 e. The van der Waals surface area contributed by atoms with Gasteiger partial charge in [-0.3, -0.25) is 4.68 Å². The normalized spacial score (nSPS) is 10.3. The molecular formula is C12H9N7. The Hall–Kier alpha value is -3.01. The average molecular weight is 251 g/mol. The third-order valence-corrected chi connectivity index (χ3v) is 2.56. The zero-order valence-corrected chi connectivity index (χ0v) is 10.1. The van der Waals surface area contributed by atoms with Gasteiger partial charge in [-0.15, -0.1) is 15.0 Å². The number of nitriles is 1. The second kappa shape index (κ2) is 4.34. The number of hydrogen-bond donors (Lipinski definition) is 0. The van der Waals surface area contributed by atoms with Gasteiger partial charge in [-0.25, -0.2) is 0 Å². The molecule has 0 unspecified atom stereocenters. The number of aryl methyl sites for hydroxylation is 1. The van der Waals surface area contributed by atoms with Crippen molar-refractivity contribution in [2.75, 3.05) is 0 Å². The lowest BCUT2D eigenvalue weighted by molar-refractivity contribution is 0.719. The lowest BCUT2D eigenvalue weighted by Gasteiger charge is -1.97. The molecule has 0 N–H and O–H groups in total. The van der Waals surface area contributed by atoms with Gasteiger partial charge in [0.05, 0.1) is 17.3 Å². The van der Waals surface area contributed by atoms with Crippen LogP contribution in [0.3, 0.4) is 0 Å². The number of tetrazole rings is 1. The average Bonchev–Trinajstić information content (AvgIpc) is 3.07. The zero-order valence-electron chi connectivity index (χ0n) is 10.1. The van der Waals surface area contributed by atoms with Crippen molar-refractivity contribution in [2.45, 2.75) is 0 Å². The Labute approximate surface area is 108 Å². The lowest BCUT2D eigenvalue weighted by Crippen LogP contribution is -1.99. The summed E-state index contributed by atoms with van der Waals surface area (Å²) in [5.74, 6) is 0.447. The maximum absolute atomic E-state index is 8.87. The van der Waals surface area contributed by atoms with Crippen LogP contribution in [0.4, 0.5) is 0 Å². The van der Waals surface area contributed by atoms with E-state index in [4.69, 9.17) is 5.26 Å². The molecule has 3 rings (SSSR count). The third kappa shape index (κ3) is 2.07. The van der Waals surface area contributed by atoms with Gasteiger partial charge in [-0.05, 0) is 29.5 Å². The maximum atomic E-state index is 8.87. The predicted octanol–water partition coefficient (Wildman–Crippen LogP) is 0.934. The molecule has 2 heterocycles. The van der Waals surface area contributed by atoms with Crippen molar-refractivity contribution in [1.82, 2.24) is 30.0 Å². The number of benzene rings is 1. The van der Waals surface area contributed by atoms with E-state index >= 15 is 0 Å². The van der Waals surface area contributed by atoms with E-state index in [0.717, 1.165) is 0 Å². The summed E-state index contributed by atoms with van der Waals surface area (Å²) in [5, 5.41) is 25.2. The quantitative estimate of drug-likeness (QED) is 0.676. The molecule has 3 aromatic rings. The smallest absolute Gasteiger partial charge is 0.225 e. The van der Waals surface area contributed by atoms with Gasteiger partial charge in [-0.2, -0.15) is 10.4 Å². The fraction of sp³-hybridized carbons (Fsp3) is 0.0833. The summed E-state index contributed by atoms with van der Waals surface area (Å²) >= 11 is 0. The summed E-state index contributed by atoms with van der Waals surface area (Å²) < 4.78 is 1.67. The van der Waals surface area contributed by atoms with Gasteiger partial charge in [0.1, 0.15) is 5.69 Å². The van der Waals surface area contributed by atoms with E-state index < -0.39 is 0 Å². The molecule has 0 radical (unpaired) electrons. The van der Waals surface area contributed by atoms with Crippen molar-refractivity contribution in [3.05, 3.63) is 42.1 Å². The molecule has 1 aromatic carbocycles. The molecule has 0 fully saturated rings. The first kappa shape index (κ1) is 11.1. The summed E-state index contributed by atoms with van der Waals surface area (Å²) in [5.41, 5.74) is 1.90. The van der Waals surface area contributed by atoms with E-state index in [1.54, 1.807) is 22.9 Å². The fourth-order valence-corrected chi connectivity index (χ4v) is 1.66. The van der Waals surface area contributed by atoms with Crippen LogP contribution in [0.1, 0.15) is 5.56 Å². The first-order chi connectivity index (χ1) is 9.26. The second-order valence-electron chi connectivity index (χ2n) is 3.94. The van der Waals surface area contributed by atoms with Gasteiger partial charge in [0, 0.05) is 13.2 Å². The summed E-state index contributed by atoms with van der Waals surface area (Å²) in [6, 6.07) is 10.9. The minimum Gasteiger partial charge on any atom is -0.275 e. The van der Waals surface area contributed by atoms with Crippen molar-refractivity contribution in [2.24, 2.45) is 7.05 Å². The van der Waals surface area contributed by atoms with Crippen molar-refractivity contribution >= 4 is 0 Å². The highest BCUT2D eigenvalue weighted by Gasteiger charge is 2.09. The molecule has 0 amide bonds. The Bertz CT molecular complexity index is 762. The monoisotopic (exact) mass is 251 g/mol. The van der Waals surface area contributed by atoms with Crippen LogP contribution in [-0.4, -0.2) is 30.0 Å². The maximum Gasteiger partial charge on any atom is 0.225 e. The summed E-state index contributed by atoms with van der Waals surface area (Å²) in [6.07, 6.45) is 1.81. The molecule has 0 spiro atoms. The van der Waals surface area contributed by atoms with Crippen LogP contribution in [-0.2, 0) is 7.05 Å². The number of rotatable bonds is 2. The molecular weight excluding hydrogens is 242 g/mol. The number of hydrogen-bond acceptors (Lipinski definition) is 5. The van der Waals surface area contributed by atoms with Gasteiger partial charge in [0.15, 0.2) is 0 Å². The van der Waals surface area contributed by atoms with E-state index in [9.17, 15) is 0 Å². The van der Waals surface area contributed by atoms with Crippen LogP contribution in [0, 0.1) is 11.3 Å². The molecule has 19 heavy (non-hydrogen) atoms. The van der Waals surface area contributed by atoms with E-state index in [1.807, 2.05) is 25.4 Å². The van der Waals surface area contributed by atoms with Crippen molar-refractivity contribution in [3.63, 3.8) is 0 Å². The van der Waals surface area contributed by atoms with Crippen LogP contribution >= 0.6 is 0 Å². The van der Waals surface area contributed by atoms with Crippen LogP contribution in [0.25, 0.3) is 17.2 Å². The van der Waals surface area contributed by atoms with Gasteiger partial charge in [-0.1, -0.05) is 6.07 Å². The first-order valence-electron chi connectivity index (χ1n) is 5.57. The van der Waals surface area contributed by atoms with Gasteiger partial charge < -0.3 is 0 Å². The molecule has 0 aliphatic carbocycles. The molecule has 7 heteroatoms. The first-order valence-corrected chi connectivity index (χ1v) is 5.57. The minimum atomic E-state index is 0.447. The van der Waals surface area contributed by atoms with Gasteiger partial charge >= 0.3 is 0 Å².